The number of alkyl carbamates (subject to hydrolysis) is 1. The van der Waals surface area contributed by atoms with Gasteiger partial charge in [-0.2, -0.15) is 0 Å². The first-order valence-corrected chi connectivity index (χ1v) is 8.83. The van der Waals surface area contributed by atoms with Crippen LogP contribution < -0.4 is 5.32 Å². The molecule has 0 aliphatic carbocycles. The molecule has 0 saturated carbocycles. The maximum atomic E-state index is 12.3. The third kappa shape index (κ3) is 5.72. The standard InChI is InChI=1S/C17H25BrN2O4/c1-17(2,3)20-16(21)24-15(12-6-5-7-13(18)19-12)11-8-9-23-14(10-11)22-4/h5-7,11,14-15H,8-10H2,1-4H3,(H,20,21). The van der Waals surface area contributed by atoms with E-state index in [-0.39, 0.29) is 17.7 Å². The minimum atomic E-state index is -0.452. The maximum Gasteiger partial charge on any atom is 0.408 e. The summed E-state index contributed by atoms with van der Waals surface area (Å²) in [5, 5.41) is 2.84. The number of nitrogens with one attached hydrogen (secondary N) is 1. The first kappa shape index (κ1) is 19.1. The number of methoxy groups -OCH3 is 1. The summed E-state index contributed by atoms with van der Waals surface area (Å²) in [5.41, 5.74) is 0.354. The normalized spacial score (nSPS) is 22.7. The van der Waals surface area contributed by atoms with E-state index in [1.807, 2.05) is 39.0 Å². The van der Waals surface area contributed by atoms with Crippen LogP contribution in [-0.4, -0.2) is 36.6 Å². The van der Waals surface area contributed by atoms with Crippen LogP contribution in [0.4, 0.5) is 4.79 Å². The fraction of sp³-hybridized carbons (Fsp3) is 0.647. The van der Waals surface area contributed by atoms with Crippen molar-refractivity contribution < 1.29 is 19.0 Å². The number of ether oxygens (including phenoxy) is 3. The fourth-order valence-electron chi connectivity index (χ4n) is 2.65. The summed E-state index contributed by atoms with van der Waals surface area (Å²) < 4.78 is 17.3. The number of hydrogen-bond acceptors (Lipinski definition) is 5. The van der Waals surface area contributed by atoms with Crippen molar-refractivity contribution in [3.63, 3.8) is 0 Å². The maximum absolute atomic E-state index is 12.3. The summed E-state index contributed by atoms with van der Waals surface area (Å²) in [5.74, 6) is 0.0798. The van der Waals surface area contributed by atoms with Crippen molar-refractivity contribution in [1.82, 2.24) is 10.3 Å². The second-order valence-electron chi connectivity index (χ2n) is 6.91. The minimum Gasteiger partial charge on any atom is -0.439 e. The number of hydrogen-bond donors (Lipinski definition) is 1. The molecule has 0 radical (unpaired) electrons. The molecule has 1 amide bonds. The molecular weight excluding hydrogens is 376 g/mol. The third-order valence-corrected chi connectivity index (χ3v) is 4.16. The van der Waals surface area contributed by atoms with Crippen molar-refractivity contribution in [3.8, 4) is 0 Å². The summed E-state index contributed by atoms with van der Waals surface area (Å²) in [6.07, 6.45) is 0.244. The smallest absolute Gasteiger partial charge is 0.408 e. The summed E-state index contributed by atoms with van der Waals surface area (Å²) >= 11 is 3.38. The van der Waals surface area contributed by atoms with E-state index < -0.39 is 12.2 Å². The Balaban J connectivity index is 2.19. The Labute approximate surface area is 151 Å². The average molecular weight is 401 g/mol. The van der Waals surface area contributed by atoms with Gasteiger partial charge in [0.2, 0.25) is 0 Å². The monoisotopic (exact) mass is 400 g/mol. The third-order valence-electron chi connectivity index (χ3n) is 3.72. The molecule has 0 spiro atoms. The molecule has 0 bridgehead atoms. The number of halogens is 1. The molecule has 0 aromatic carbocycles. The molecular formula is C17H25BrN2O4. The van der Waals surface area contributed by atoms with E-state index in [4.69, 9.17) is 14.2 Å². The lowest BCUT2D eigenvalue weighted by molar-refractivity contribution is -0.170. The lowest BCUT2D eigenvalue weighted by atomic mass is 9.90. The van der Waals surface area contributed by atoms with Crippen molar-refractivity contribution >= 4 is 22.0 Å². The SMILES string of the molecule is COC1CC(C(OC(=O)NC(C)(C)C)c2cccc(Br)n2)CCO1. The summed E-state index contributed by atoms with van der Waals surface area (Å²) in [7, 11) is 1.62. The van der Waals surface area contributed by atoms with E-state index in [1.165, 1.54) is 0 Å². The van der Waals surface area contributed by atoms with Gasteiger partial charge in [0.1, 0.15) is 10.7 Å². The van der Waals surface area contributed by atoms with Crippen LogP contribution >= 0.6 is 15.9 Å². The van der Waals surface area contributed by atoms with Crippen LogP contribution in [0.15, 0.2) is 22.8 Å². The van der Waals surface area contributed by atoms with Crippen molar-refractivity contribution in [1.29, 1.82) is 0 Å². The zero-order valence-electron chi connectivity index (χ0n) is 14.5. The Morgan fingerprint density at radius 2 is 2.21 bits per heavy atom. The number of nitrogens with zero attached hydrogens (tertiary/aromatic N) is 1. The van der Waals surface area contributed by atoms with Crippen LogP contribution in [-0.2, 0) is 14.2 Å². The molecule has 2 rings (SSSR count). The van der Waals surface area contributed by atoms with Gasteiger partial charge < -0.3 is 19.5 Å². The van der Waals surface area contributed by atoms with Gasteiger partial charge in [-0.1, -0.05) is 6.07 Å². The van der Waals surface area contributed by atoms with Gasteiger partial charge in [0, 0.05) is 25.0 Å². The van der Waals surface area contributed by atoms with Crippen molar-refractivity contribution in [2.24, 2.45) is 5.92 Å². The summed E-state index contributed by atoms with van der Waals surface area (Å²) in [6, 6.07) is 5.60. The second kappa shape index (κ2) is 8.27. The summed E-state index contributed by atoms with van der Waals surface area (Å²) in [6.45, 7) is 6.31. The van der Waals surface area contributed by atoms with Crippen LogP contribution in [0.3, 0.4) is 0 Å². The lowest BCUT2D eigenvalue weighted by Gasteiger charge is -2.34. The quantitative estimate of drug-likeness (QED) is 0.778. The Hall–Kier alpha value is -1.18. The van der Waals surface area contributed by atoms with Gasteiger partial charge >= 0.3 is 6.09 Å². The van der Waals surface area contributed by atoms with Gasteiger partial charge in [-0.25, -0.2) is 9.78 Å². The van der Waals surface area contributed by atoms with Crippen LogP contribution in [0.5, 0.6) is 0 Å². The Morgan fingerprint density at radius 3 is 2.83 bits per heavy atom. The van der Waals surface area contributed by atoms with E-state index in [1.54, 1.807) is 7.11 Å². The van der Waals surface area contributed by atoms with E-state index in [2.05, 4.69) is 26.2 Å². The van der Waals surface area contributed by atoms with Crippen LogP contribution in [0, 0.1) is 5.92 Å². The summed E-state index contributed by atoms with van der Waals surface area (Å²) in [4.78, 5) is 16.8. The number of rotatable bonds is 4. The lowest BCUT2D eigenvalue weighted by Crippen LogP contribution is -2.42. The molecule has 7 heteroatoms. The molecule has 3 unspecified atom stereocenters. The Kier molecular flexibility index (Phi) is 6.60. The molecule has 2 heterocycles. The first-order valence-electron chi connectivity index (χ1n) is 8.04. The molecule has 1 aromatic heterocycles. The largest absolute Gasteiger partial charge is 0.439 e. The predicted molar refractivity (Wildman–Crippen MR) is 93.5 cm³/mol. The molecule has 3 atom stereocenters. The van der Waals surface area contributed by atoms with Gasteiger partial charge in [-0.15, -0.1) is 0 Å². The van der Waals surface area contributed by atoms with Crippen molar-refractivity contribution in [2.45, 2.75) is 51.5 Å². The second-order valence-corrected chi connectivity index (χ2v) is 7.72. The van der Waals surface area contributed by atoms with Gasteiger partial charge in [0.15, 0.2) is 6.29 Å². The molecule has 24 heavy (non-hydrogen) atoms. The molecule has 1 fully saturated rings. The molecule has 134 valence electrons. The fourth-order valence-corrected chi connectivity index (χ4v) is 3.01. The van der Waals surface area contributed by atoms with Crippen molar-refractivity contribution in [3.05, 3.63) is 28.5 Å². The molecule has 1 aliphatic heterocycles. The highest BCUT2D eigenvalue weighted by molar-refractivity contribution is 9.10. The zero-order chi connectivity index (χ0) is 17.7. The topological polar surface area (TPSA) is 69.7 Å². The number of carbonyl (C=O) groups excluding carboxylic acids is 1. The molecule has 1 aromatic rings. The average Bonchev–Trinajstić information content (AvgIpc) is 2.51. The molecule has 1 saturated heterocycles. The predicted octanol–water partition coefficient (Wildman–Crippen LogP) is 3.81. The highest BCUT2D eigenvalue weighted by atomic mass is 79.9. The van der Waals surface area contributed by atoms with Gasteiger partial charge in [0.05, 0.1) is 12.3 Å². The van der Waals surface area contributed by atoms with Crippen LogP contribution in [0.25, 0.3) is 0 Å². The molecule has 1 N–H and O–H groups in total. The van der Waals surface area contributed by atoms with Gasteiger partial charge in [-0.3, -0.25) is 0 Å². The van der Waals surface area contributed by atoms with E-state index >= 15 is 0 Å². The van der Waals surface area contributed by atoms with Crippen LogP contribution in [0.2, 0.25) is 0 Å². The number of pyridine rings is 1. The number of amides is 1. The zero-order valence-corrected chi connectivity index (χ0v) is 16.1. The first-order chi connectivity index (χ1) is 11.3. The van der Waals surface area contributed by atoms with E-state index in [9.17, 15) is 4.79 Å². The van der Waals surface area contributed by atoms with Crippen LogP contribution in [0.1, 0.15) is 45.4 Å². The van der Waals surface area contributed by atoms with Gasteiger partial charge in [0.25, 0.3) is 0 Å². The van der Waals surface area contributed by atoms with E-state index in [0.29, 0.717) is 17.6 Å². The number of carbonyl (C=O) groups is 1. The minimum absolute atomic E-state index is 0.0798. The van der Waals surface area contributed by atoms with Gasteiger partial charge in [-0.05, 0) is 55.3 Å². The van der Waals surface area contributed by atoms with E-state index in [0.717, 1.165) is 12.1 Å². The molecule has 1 aliphatic rings. The number of aromatic nitrogens is 1. The highest BCUT2D eigenvalue weighted by Crippen LogP contribution is 2.35. The van der Waals surface area contributed by atoms with Crippen molar-refractivity contribution in [2.75, 3.05) is 13.7 Å². The Morgan fingerprint density at radius 1 is 1.46 bits per heavy atom. The highest BCUT2D eigenvalue weighted by Gasteiger charge is 2.34. The Bertz CT molecular complexity index is 562. The molecule has 6 nitrogen and oxygen atoms in total.